The second kappa shape index (κ2) is 15.5. The number of aromatic hydroxyl groups is 1. The van der Waals surface area contributed by atoms with E-state index >= 15 is 0 Å². The van der Waals surface area contributed by atoms with Crippen LogP contribution in [0.5, 0.6) is 5.75 Å². The molecule has 0 aliphatic rings. The van der Waals surface area contributed by atoms with Crippen molar-refractivity contribution in [3.8, 4) is 5.75 Å². The van der Waals surface area contributed by atoms with E-state index in [0.29, 0.717) is 5.56 Å². The molecule has 0 heterocycles. The first kappa shape index (κ1) is 32.3. The molecule has 12 N–H and O–H groups in total. The SMILES string of the molecule is NC(=O)CCC(NC(=O)C(Cc1ccc(O)cc1)NC(=O)C(N)CCC(=O)O)C(=O)NC(CC(N)=O)C(=O)O. The molecule has 1 aromatic rings. The molecule has 0 aliphatic carbocycles. The molecule has 5 amide bonds. The maximum Gasteiger partial charge on any atom is 0.326 e. The molecule has 214 valence electrons. The van der Waals surface area contributed by atoms with Gasteiger partial charge in [0.2, 0.25) is 29.5 Å². The van der Waals surface area contributed by atoms with E-state index in [1.54, 1.807) is 0 Å². The Bertz CT molecular complexity index is 1080. The highest BCUT2D eigenvalue weighted by Gasteiger charge is 2.31. The van der Waals surface area contributed by atoms with Gasteiger partial charge in [-0.2, -0.15) is 0 Å². The normalized spacial score (nSPS) is 13.7. The van der Waals surface area contributed by atoms with Gasteiger partial charge < -0.3 is 48.5 Å². The highest BCUT2D eigenvalue weighted by atomic mass is 16.4. The molecular formula is C23H32N6O10. The number of benzene rings is 1. The molecule has 4 atom stereocenters. The average Bonchev–Trinajstić information content (AvgIpc) is 2.84. The predicted octanol–water partition coefficient (Wildman–Crippen LogP) is -3.19. The van der Waals surface area contributed by atoms with E-state index in [9.17, 15) is 43.8 Å². The van der Waals surface area contributed by atoms with Gasteiger partial charge in [0.15, 0.2) is 0 Å². The second-order valence-corrected chi connectivity index (χ2v) is 8.61. The van der Waals surface area contributed by atoms with Gasteiger partial charge in [0.1, 0.15) is 23.9 Å². The molecule has 39 heavy (non-hydrogen) atoms. The Morgan fingerprint density at radius 3 is 1.77 bits per heavy atom. The van der Waals surface area contributed by atoms with Crippen molar-refractivity contribution in [2.45, 2.75) is 62.7 Å². The topological polar surface area (TPSA) is 294 Å². The molecule has 1 rings (SSSR count). The number of hydrogen-bond donors (Lipinski definition) is 9. The summed E-state index contributed by atoms with van der Waals surface area (Å²) >= 11 is 0. The molecule has 16 heteroatoms. The lowest BCUT2D eigenvalue weighted by Gasteiger charge is -2.25. The standard InChI is InChI=1S/C23H32N6O10/c24-13(5-8-19(33)34)20(35)28-15(9-11-1-3-12(30)4-2-11)22(37)27-14(6-7-17(25)31)21(36)29-16(23(38)39)10-18(26)32/h1-4,13-16,30H,5-10,24H2,(H2,25,31)(H2,26,32)(H,27,37)(H,28,35)(H,29,36)(H,33,34)(H,38,39). The third-order valence-corrected chi connectivity index (χ3v) is 5.35. The molecule has 4 unspecified atom stereocenters. The molecule has 0 radical (unpaired) electrons. The van der Waals surface area contributed by atoms with Crippen LogP contribution in [-0.4, -0.2) is 81.0 Å². The third-order valence-electron chi connectivity index (χ3n) is 5.35. The zero-order valence-corrected chi connectivity index (χ0v) is 20.8. The number of carboxylic acids is 2. The van der Waals surface area contributed by atoms with Crippen LogP contribution in [-0.2, 0) is 40.0 Å². The molecule has 0 spiro atoms. The number of carboxylic acid groups (broad SMARTS) is 2. The summed E-state index contributed by atoms with van der Waals surface area (Å²) < 4.78 is 0. The first-order valence-electron chi connectivity index (χ1n) is 11.6. The monoisotopic (exact) mass is 552 g/mol. The molecule has 16 nitrogen and oxygen atoms in total. The molecule has 1 aromatic carbocycles. The highest BCUT2D eigenvalue weighted by molar-refractivity contribution is 5.95. The molecule has 0 bridgehead atoms. The van der Waals surface area contributed by atoms with Gasteiger partial charge in [-0.15, -0.1) is 0 Å². The Morgan fingerprint density at radius 2 is 1.26 bits per heavy atom. The first-order chi connectivity index (χ1) is 18.2. The van der Waals surface area contributed by atoms with Crippen LogP contribution < -0.4 is 33.2 Å². The smallest absolute Gasteiger partial charge is 0.326 e. The quantitative estimate of drug-likeness (QED) is 0.0927. The van der Waals surface area contributed by atoms with Crippen LogP contribution in [0.2, 0.25) is 0 Å². The van der Waals surface area contributed by atoms with Crippen molar-refractivity contribution in [2.75, 3.05) is 0 Å². The number of nitrogens with two attached hydrogens (primary N) is 3. The molecule has 0 fully saturated rings. The van der Waals surface area contributed by atoms with Crippen LogP contribution in [0, 0.1) is 0 Å². The summed E-state index contributed by atoms with van der Waals surface area (Å²) in [7, 11) is 0. The summed E-state index contributed by atoms with van der Waals surface area (Å²) in [5, 5.41) is 34.4. The lowest BCUT2D eigenvalue weighted by Crippen LogP contribution is -2.58. The Labute approximate surface area is 222 Å². The molecule has 0 aromatic heterocycles. The van der Waals surface area contributed by atoms with E-state index in [4.69, 9.17) is 22.3 Å². The first-order valence-corrected chi connectivity index (χ1v) is 11.6. The maximum absolute atomic E-state index is 13.2. The van der Waals surface area contributed by atoms with Crippen LogP contribution in [0.4, 0.5) is 0 Å². The van der Waals surface area contributed by atoms with Crippen LogP contribution in [0.3, 0.4) is 0 Å². The van der Waals surface area contributed by atoms with Gasteiger partial charge in [0.25, 0.3) is 0 Å². The number of phenolic OH excluding ortho intramolecular Hbond substituents is 1. The van der Waals surface area contributed by atoms with Crippen LogP contribution in [0.1, 0.15) is 37.7 Å². The number of nitrogens with one attached hydrogen (secondary N) is 3. The number of aliphatic carboxylic acids is 2. The van der Waals surface area contributed by atoms with Crippen molar-refractivity contribution >= 4 is 41.5 Å². The van der Waals surface area contributed by atoms with Crippen molar-refractivity contribution in [1.82, 2.24) is 16.0 Å². The Balaban J connectivity index is 3.17. The lowest BCUT2D eigenvalue weighted by atomic mass is 10.0. The number of amides is 5. The summed E-state index contributed by atoms with van der Waals surface area (Å²) in [5.74, 6) is -7.53. The molecule has 0 aliphatic heterocycles. The minimum Gasteiger partial charge on any atom is -0.508 e. The minimum absolute atomic E-state index is 0.0633. The minimum atomic E-state index is -1.72. The summed E-state index contributed by atoms with van der Waals surface area (Å²) in [5.41, 5.74) is 16.4. The van der Waals surface area contributed by atoms with Gasteiger partial charge in [0, 0.05) is 19.3 Å². The summed E-state index contributed by atoms with van der Waals surface area (Å²) in [4.78, 5) is 83.2. The Morgan fingerprint density at radius 1 is 0.718 bits per heavy atom. The maximum atomic E-state index is 13.2. The van der Waals surface area contributed by atoms with E-state index < -0.39 is 78.5 Å². The fraction of sp³-hybridized carbons (Fsp3) is 0.435. The van der Waals surface area contributed by atoms with Crippen molar-refractivity contribution in [2.24, 2.45) is 17.2 Å². The number of hydrogen-bond acceptors (Lipinski definition) is 9. The number of rotatable bonds is 17. The lowest BCUT2D eigenvalue weighted by molar-refractivity contribution is -0.144. The van der Waals surface area contributed by atoms with Gasteiger partial charge in [-0.05, 0) is 30.5 Å². The Hall–Kier alpha value is -4.73. The van der Waals surface area contributed by atoms with E-state index in [0.717, 1.165) is 0 Å². The zero-order chi connectivity index (χ0) is 29.7. The van der Waals surface area contributed by atoms with E-state index in [1.165, 1.54) is 24.3 Å². The summed E-state index contributed by atoms with van der Waals surface area (Å²) in [6, 6.07) is -0.299. The van der Waals surface area contributed by atoms with Crippen molar-refractivity contribution in [1.29, 1.82) is 0 Å². The fourth-order valence-corrected chi connectivity index (χ4v) is 3.27. The predicted molar refractivity (Wildman–Crippen MR) is 132 cm³/mol. The second-order valence-electron chi connectivity index (χ2n) is 8.61. The van der Waals surface area contributed by atoms with E-state index in [-0.39, 0.29) is 31.4 Å². The highest BCUT2D eigenvalue weighted by Crippen LogP contribution is 2.12. The van der Waals surface area contributed by atoms with Gasteiger partial charge in [0.05, 0.1) is 12.5 Å². The summed E-state index contributed by atoms with van der Waals surface area (Å²) in [6.07, 6.45) is -2.28. The summed E-state index contributed by atoms with van der Waals surface area (Å²) in [6.45, 7) is 0. The zero-order valence-electron chi connectivity index (χ0n) is 20.8. The average molecular weight is 553 g/mol. The number of carbonyl (C=O) groups excluding carboxylic acids is 5. The van der Waals surface area contributed by atoms with Gasteiger partial charge in [-0.1, -0.05) is 12.1 Å². The van der Waals surface area contributed by atoms with Crippen LogP contribution >= 0.6 is 0 Å². The van der Waals surface area contributed by atoms with Gasteiger partial charge >= 0.3 is 11.9 Å². The van der Waals surface area contributed by atoms with Crippen molar-refractivity contribution in [3.63, 3.8) is 0 Å². The Kier molecular flexibility index (Phi) is 12.8. The molecular weight excluding hydrogens is 520 g/mol. The number of carbonyl (C=O) groups is 7. The van der Waals surface area contributed by atoms with Crippen molar-refractivity contribution in [3.05, 3.63) is 29.8 Å². The van der Waals surface area contributed by atoms with Gasteiger partial charge in [-0.25, -0.2) is 4.79 Å². The van der Waals surface area contributed by atoms with E-state index in [1.807, 2.05) is 0 Å². The molecule has 0 saturated carbocycles. The van der Waals surface area contributed by atoms with Crippen LogP contribution in [0.25, 0.3) is 0 Å². The van der Waals surface area contributed by atoms with Crippen molar-refractivity contribution < 1.29 is 48.9 Å². The van der Waals surface area contributed by atoms with Crippen LogP contribution in [0.15, 0.2) is 24.3 Å². The number of primary amides is 2. The van der Waals surface area contributed by atoms with E-state index in [2.05, 4.69) is 16.0 Å². The molecule has 0 saturated heterocycles. The third kappa shape index (κ3) is 12.4. The fourth-order valence-electron chi connectivity index (χ4n) is 3.27. The number of phenols is 1. The van der Waals surface area contributed by atoms with Gasteiger partial charge in [-0.3, -0.25) is 28.8 Å². The largest absolute Gasteiger partial charge is 0.508 e.